The number of carbonyl (C=O) groups is 1. The maximum Gasteiger partial charge on any atom is 0.239 e. The molecule has 3 rings (SSSR count). The summed E-state index contributed by atoms with van der Waals surface area (Å²) in [5.74, 6) is -0.235. The second kappa shape index (κ2) is 5.15. The van der Waals surface area contributed by atoms with E-state index in [1.165, 1.54) is 4.90 Å². The number of alkyl halides is 1. The lowest BCUT2D eigenvalue weighted by Gasteiger charge is -2.21. The molecule has 3 nitrogen and oxygen atoms in total. The number of hydrogen-bond acceptors (Lipinski definition) is 3. The largest absolute Gasteiger partial charge is 0.354 e. The zero-order valence-electron chi connectivity index (χ0n) is 9.94. The Kier molecular flexibility index (Phi) is 3.36. The van der Waals surface area contributed by atoms with E-state index in [0.29, 0.717) is 0 Å². The van der Waals surface area contributed by atoms with Gasteiger partial charge in [-0.05, 0) is 30.3 Å². The van der Waals surface area contributed by atoms with Crippen LogP contribution in [0.2, 0.25) is 0 Å². The van der Waals surface area contributed by atoms with Crippen molar-refractivity contribution in [3.63, 3.8) is 0 Å². The predicted molar refractivity (Wildman–Crippen MR) is 79.6 cm³/mol. The molecule has 2 aromatic rings. The van der Waals surface area contributed by atoms with Crippen molar-refractivity contribution >= 4 is 46.3 Å². The van der Waals surface area contributed by atoms with Crippen molar-refractivity contribution in [2.45, 2.75) is 9.79 Å². The molecule has 1 heterocycles. The van der Waals surface area contributed by atoms with Crippen molar-refractivity contribution in [3.8, 4) is 0 Å². The van der Waals surface area contributed by atoms with Crippen LogP contribution in [0.3, 0.4) is 0 Å². The first kappa shape index (κ1) is 12.4. The van der Waals surface area contributed by atoms with Gasteiger partial charge in [-0.3, -0.25) is 4.79 Å². The molecule has 0 aromatic heterocycles. The molecule has 0 radical (unpaired) electrons. The molecule has 1 amide bonds. The molecule has 0 unspecified atom stereocenters. The van der Waals surface area contributed by atoms with Gasteiger partial charge >= 0.3 is 0 Å². The first-order valence-electron chi connectivity index (χ1n) is 5.80. The Balaban J connectivity index is 1.90. The molecule has 0 saturated heterocycles. The number of fused-ring (bicyclic) bond motifs is 2. The van der Waals surface area contributed by atoms with Gasteiger partial charge < -0.3 is 10.6 Å². The standard InChI is InChI=1S/C14H11ClN2OS/c15-8-14(18)16-9-5-6-11-13(7-9)19-12-4-2-1-3-10(12)17-11/h1-7,17H,8H2,(H,16,18). The normalized spacial score (nSPS) is 12.1. The summed E-state index contributed by atoms with van der Waals surface area (Å²) in [4.78, 5) is 13.5. The van der Waals surface area contributed by atoms with Crippen LogP contribution in [0.15, 0.2) is 52.3 Å². The van der Waals surface area contributed by atoms with Gasteiger partial charge in [0.05, 0.1) is 11.4 Å². The van der Waals surface area contributed by atoms with Crippen molar-refractivity contribution in [1.82, 2.24) is 0 Å². The number of amides is 1. The molecule has 0 atom stereocenters. The highest BCUT2D eigenvalue weighted by molar-refractivity contribution is 7.99. The number of benzene rings is 2. The number of carbonyl (C=O) groups excluding carboxylic acids is 1. The number of nitrogens with one attached hydrogen (secondary N) is 2. The molecule has 0 spiro atoms. The highest BCUT2D eigenvalue weighted by Crippen LogP contribution is 2.44. The molecule has 0 saturated carbocycles. The van der Waals surface area contributed by atoms with E-state index < -0.39 is 0 Å². The fourth-order valence-electron chi connectivity index (χ4n) is 1.90. The maximum absolute atomic E-state index is 11.3. The number of anilines is 3. The predicted octanol–water partition coefficient (Wildman–Crippen LogP) is 4.07. The van der Waals surface area contributed by atoms with Gasteiger partial charge in [0.25, 0.3) is 0 Å². The zero-order valence-corrected chi connectivity index (χ0v) is 11.5. The van der Waals surface area contributed by atoms with Crippen molar-refractivity contribution in [2.75, 3.05) is 16.5 Å². The lowest BCUT2D eigenvalue weighted by atomic mass is 10.2. The number of rotatable bonds is 2. The van der Waals surface area contributed by atoms with Gasteiger partial charge in [0.2, 0.25) is 5.91 Å². The Morgan fingerprint density at radius 1 is 1.16 bits per heavy atom. The lowest BCUT2D eigenvalue weighted by molar-refractivity contribution is -0.113. The van der Waals surface area contributed by atoms with Gasteiger partial charge in [-0.15, -0.1) is 11.6 Å². The Morgan fingerprint density at radius 2 is 1.95 bits per heavy atom. The zero-order chi connectivity index (χ0) is 13.2. The molecule has 2 aromatic carbocycles. The Labute approximate surface area is 120 Å². The summed E-state index contributed by atoms with van der Waals surface area (Å²) in [6.45, 7) is 0. The van der Waals surface area contributed by atoms with Crippen LogP contribution in [0.1, 0.15) is 0 Å². The first-order valence-corrected chi connectivity index (χ1v) is 7.15. The van der Waals surface area contributed by atoms with Crippen molar-refractivity contribution in [2.24, 2.45) is 0 Å². The van der Waals surface area contributed by atoms with Crippen LogP contribution in [-0.2, 0) is 4.79 Å². The summed E-state index contributed by atoms with van der Waals surface area (Å²) in [6.07, 6.45) is 0. The quantitative estimate of drug-likeness (QED) is 0.699. The van der Waals surface area contributed by atoms with Gasteiger partial charge in [0.1, 0.15) is 5.88 Å². The molecule has 1 aliphatic rings. The van der Waals surface area contributed by atoms with Gasteiger partial charge in [-0.2, -0.15) is 0 Å². The minimum Gasteiger partial charge on any atom is -0.354 e. The van der Waals surface area contributed by atoms with Crippen LogP contribution < -0.4 is 10.6 Å². The van der Waals surface area contributed by atoms with Gasteiger partial charge in [-0.1, -0.05) is 23.9 Å². The second-order valence-electron chi connectivity index (χ2n) is 4.12. The summed E-state index contributed by atoms with van der Waals surface area (Å²) in [6, 6.07) is 13.9. The SMILES string of the molecule is O=C(CCl)Nc1ccc2c(c1)Sc1ccccc1N2. The molecule has 19 heavy (non-hydrogen) atoms. The van der Waals surface area contributed by atoms with Gasteiger partial charge in [-0.25, -0.2) is 0 Å². The number of hydrogen-bond donors (Lipinski definition) is 2. The summed E-state index contributed by atoms with van der Waals surface area (Å²) < 4.78 is 0. The molecule has 96 valence electrons. The van der Waals surface area contributed by atoms with E-state index in [4.69, 9.17) is 11.6 Å². The second-order valence-corrected chi connectivity index (χ2v) is 5.47. The molecule has 0 bridgehead atoms. The van der Waals surface area contributed by atoms with E-state index >= 15 is 0 Å². The van der Waals surface area contributed by atoms with Crippen LogP contribution in [0.5, 0.6) is 0 Å². The van der Waals surface area contributed by atoms with Crippen LogP contribution in [0, 0.1) is 0 Å². The average molecular weight is 291 g/mol. The van der Waals surface area contributed by atoms with Crippen molar-refractivity contribution in [1.29, 1.82) is 0 Å². The summed E-state index contributed by atoms with van der Waals surface area (Å²) in [5, 5.41) is 6.13. The fraction of sp³-hybridized carbons (Fsp3) is 0.0714. The Morgan fingerprint density at radius 3 is 2.79 bits per heavy atom. The van der Waals surface area contributed by atoms with E-state index in [1.54, 1.807) is 11.8 Å². The van der Waals surface area contributed by atoms with Gasteiger partial charge in [0.15, 0.2) is 0 Å². The van der Waals surface area contributed by atoms with Crippen molar-refractivity contribution < 1.29 is 4.79 Å². The van der Waals surface area contributed by atoms with E-state index in [1.807, 2.05) is 30.3 Å². The summed E-state index contributed by atoms with van der Waals surface area (Å²) >= 11 is 7.17. The minimum atomic E-state index is -0.198. The summed E-state index contributed by atoms with van der Waals surface area (Å²) in [5.41, 5.74) is 2.92. The van der Waals surface area contributed by atoms with E-state index in [-0.39, 0.29) is 11.8 Å². The Bertz CT molecular complexity index is 645. The van der Waals surface area contributed by atoms with E-state index in [2.05, 4.69) is 22.8 Å². The molecular weight excluding hydrogens is 280 g/mol. The third-order valence-corrected chi connectivity index (χ3v) is 4.14. The van der Waals surface area contributed by atoms with Gasteiger partial charge in [0, 0.05) is 15.5 Å². The van der Waals surface area contributed by atoms with Crippen LogP contribution >= 0.6 is 23.4 Å². The molecule has 1 aliphatic heterocycles. The number of halogens is 1. The third-order valence-electron chi connectivity index (χ3n) is 2.76. The minimum absolute atomic E-state index is 0.0364. The summed E-state index contributed by atoms with van der Waals surface area (Å²) in [7, 11) is 0. The van der Waals surface area contributed by atoms with Crippen LogP contribution in [0.25, 0.3) is 0 Å². The first-order chi connectivity index (χ1) is 9.26. The lowest BCUT2D eigenvalue weighted by Crippen LogP contribution is -2.12. The molecule has 2 N–H and O–H groups in total. The average Bonchev–Trinajstić information content (AvgIpc) is 2.45. The van der Waals surface area contributed by atoms with Crippen LogP contribution in [-0.4, -0.2) is 11.8 Å². The van der Waals surface area contributed by atoms with Crippen LogP contribution in [0.4, 0.5) is 17.1 Å². The number of para-hydroxylation sites is 1. The molecule has 0 fully saturated rings. The molecule has 5 heteroatoms. The fourth-order valence-corrected chi connectivity index (χ4v) is 3.00. The maximum atomic E-state index is 11.3. The van der Waals surface area contributed by atoms with E-state index in [9.17, 15) is 4.79 Å². The monoisotopic (exact) mass is 290 g/mol. The molecular formula is C14H11ClN2OS. The smallest absolute Gasteiger partial charge is 0.239 e. The van der Waals surface area contributed by atoms with Crippen molar-refractivity contribution in [3.05, 3.63) is 42.5 Å². The highest BCUT2D eigenvalue weighted by Gasteiger charge is 2.15. The highest BCUT2D eigenvalue weighted by atomic mass is 35.5. The topological polar surface area (TPSA) is 41.1 Å². The van der Waals surface area contributed by atoms with E-state index in [0.717, 1.165) is 22.0 Å². The molecule has 0 aliphatic carbocycles. The third kappa shape index (κ3) is 2.55. The Hall–Kier alpha value is -1.65.